The highest BCUT2D eigenvalue weighted by Crippen LogP contribution is 2.22. The second kappa shape index (κ2) is 27.2. The van der Waals surface area contributed by atoms with Crippen LogP contribution in [0.3, 0.4) is 0 Å². The maximum Gasteiger partial charge on any atom is 0.480 e. The van der Waals surface area contributed by atoms with Gasteiger partial charge in [-0.1, -0.05) is 59.6 Å². The van der Waals surface area contributed by atoms with Crippen LogP contribution in [-0.4, -0.2) is 127 Å². The Morgan fingerprint density at radius 3 is 1.55 bits per heavy atom. The molecule has 0 unspecified atom stereocenters. The second-order valence-electron chi connectivity index (χ2n) is 14.8. The van der Waals surface area contributed by atoms with Crippen LogP contribution in [0.25, 0.3) is 0 Å². The third-order valence-corrected chi connectivity index (χ3v) is 11.2. The summed E-state index contributed by atoms with van der Waals surface area (Å²) in [5.74, 6) is -1.05. The molecule has 2 saturated heterocycles. The maximum absolute atomic E-state index is 12.5. The zero-order valence-electron chi connectivity index (χ0n) is 33.8. The van der Waals surface area contributed by atoms with Gasteiger partial charge in [0.25, 0.3) is 11.8 Å². The second-order valence-corrected chi connectivity index (χ2v) is 18.4. The van der Waals surface area contributed by atoms with E-state index < -0.39 is 14.2 Å². The molecule has 4 rings (SSSR count). The first kappa shape index (κ1) is 50.5. The molecule has 20 heteroatoms. The minimum absolute atomic E-state index is 0.123. The number of benzene rings is 2. The van der Waals surface area contributed by atoms with Crippen LogP contribution in [0.15, 0.2) is 54.3 Å². The summed E-state index contributed by atoms with van der Waals surface area (Å²) < 4.78 is 26.4. The first-order chi connectivity index (χ1) is 27.6. The van der Waals surface area contributed by atoms with E-state index in [1.807, 2.05) is 19.2 Å². The molecule has 2 aliphatic heterocycles. The fraction of sp³-hybridized carbons (Fsp3) is 0.579. The van der Waals surface area contributed by atoms with E-state index in [1.54, 1.807) is 24.3 Å². The largest absolute Gasteiger partial charge is 0.480 e. The number of hydrogen-bond acceptors (Lipinski definition) is 10. The van der Waals surface area contributed by atoms with Gasteiger partial charge in [0.05, 0.1) is 36.1 Å². The van der Waals surface area contributed by atoms with Gasteiger partial charge >= 0.3 is 14.2 Å². The smallest absolute Gasteiger partial charge is 0.410 e. The van der Waals surface area contributed by atoms with Crippen molar-refractivity contribution >= 4 is 102 Å². The minimum Gasteiger partial charge on any atom is -0.410 e. The lowest BCUT2D eigenvalue weighted by molar-refractivity contribution is -0.121. The summed E-state index contributed by atoms with van der Waals surface area (Å²) in [6.45, 7) is 13.5. The van der Waals surface area contributed by atoms with Crippen LogP contribution >= 0.6 is 63.7 Å². The van der Waals surface area contributed by atoms with Crippen LogP contribution in [0, 0.1) is 11.8 Å². The third-order valence-electron chi connectivity index (χ3n) is 8.82. The van der Waals surface area contributed by atoms with E-state index in [2.05, 4.69) is 123 Å². The highest BCUT2D eigenvalue weighted by molar-refractivity contribution is 9.11. The minimum atomic E-state index is -0.504. The van der Waals surface area contributed by atoms with Gasteiger partial charge in [0.2, 0.25) is 11.8 Å². The summed E-state index contributed by atoms with van der Waals surface area (Å²) in [5, 5.41) is 14.6. The highest BCUT2D eigenvalue weighted by Gasteiger charge is 2.34. The zero-order valence-corrected chi connectivity index (χ0v) is 40.2. The van der Waals surface area contributed by atoms with E-state index in [-0.39, 0.29) is 48.6 Å². The molecule has 14 nitrogen and oxygen atoms in total. The van der Waals surface area contributed by atoms with E-state index in [0.717, 1.165) is 54.4 Å². The Kier molecular flexibility index (Phi) is 23.6. The Morgan fingerprint density at radius 2 is 1.10 bits per heavy atom. The van der Waals surface area contributed by atoms with Crippen molar-refractivity contribution in [1.29, 1.82) is 0 Å². The van der Waals surface area contributed by atoms with Gasteiger partial charge < -0.3 is 50.1 Å². The van der Waals surface area contributed by atoms with E-state index in [1.165, 1.54) is 0 Å². The molecule has 0 spiro atoms. The van der Waals surface area contributed by atoms with Crippen molar-refractivity contribution in [2.75, 3.05) is 72.7 Å². The van der Waals surface area contributed by atoms with Crippen molar-refractivity contribution in [3.63, 3.8) is 0 Å². The standard InChI is InChI=1S/2C19H28BBr2N3O4/c1-13(2)10-17(20-28-8-6-25(3)7-9-29-20)24-18(26)12-23-19(27)15-11-14(21)4-5-16(15)22;1-13(2)10-17(20-28-8-3-6-23-7-9-29-20)25-18(26)12-24-19(27)15-11-14(21)4-5-16(15)22/h4-5,11,13,17H,6-10,12H2,1-3H3,(H,23,27)(H,24,26);4-5,11,13,17,23H,3,6-10,12H2,1-2H3,(H,24,27)(H,25,26)/t2*17-/m00/s1. The number of carbonyl (C=O) groups excluding carboxylic acids is 4. The Hall–Kier alpha value is -1.87. The van der Waals surface area contributed by atoms with Crippen LogP contribution in [-0.2, 0) is 28.2 Å². The zero-order chi connectivity index (χ0) is 42.6. The van der Waals surface area contributed by atoms with Gasteiger partial charge in [-0.2, -0.15) is 0 Å². The molecular formula is C38H56B2Br4N6O8. The van der Waals surface area contributed by atoms with Gasteiger partial charge in [-0.15, -0.1) is 0 Å². The number of rotatable bonds is 14. The van der Waals surface area contributed by atoms with Crippen LogP contribution in [0.5, 0.6) is 0 Å². The van der Waals surface area contributed by atoms with E-state index in [0.29, 0.717) is 58.3 Å². The van der Waals surface area contributed by atoms with Crippen molar-refractivity contribution in [3.8, 4) is 0 Å². The lowest BCUT2D eigenvalue weighted by Crippen LogP contribution is -2.54. The Labute approximate surface area is 377 Å². The molecule has 0 saturated carbocycles. The van der Waals surface area contributed by atoms with Gasteiger partial charge in [-0.3, -0.25) is 19.2 Å². The summed E-state index contributed by atoms with van der Waals surface area (Å²) in [4.78, 5) is 52.0. The van der Waals surface area contributed by atoms with Crippen LogP contribution < -0.4 is 26.6 Å². The van der Waals surface area contributed by atoms with Crippen LogP contribution in [0.1, 0.15) is 67.7 Å². The molecule has 58 heavy (non-hydrogen) atoms. The SMILES string of the molecule is CC(C)C[C@H](NC(=O)CNC(=O)c1cc(Br)ccc1Br)B1OCCCNCCO1.CC(C)C[C@H](NC(=O)CNC(=O)c1cc(Br)ccc1Br)B1OCCN(C)CCO1. The molecule has 0 bridgehead atoms. The monoisotopic (exact) mass is 1060 g/mol. The lowest BCUT2D eigenvalue weighted by Gasteiger charge is -2.29. The molecule has 0 radical (unpaired) electrons. The van der Waals surface area contributed by atoms with Gasteiger partial charge in [-0.05, 0) is 113 Å². The predicted molar refractivity (Wildman–Crippen MR) is 241 cm³/mol. The van der Waals surface area contributed by atoms with Crippen molar-refractivity contribution in [3.05, 3.63) is 65.4 Å². The lowest BCUT2D eigenvalue weighted by atomic mass is 9.73. The fourth-order valence-corrected chi connectivity index (χ4v) is 7.53. The number of hydrogen-bond donors (Lipinski definition) is 5. The van der Waals surface area contributed by atoms with E-state index >= 15 is 0 Å². The number of amides is 4. The average molecular weight is 1070 g/mol. The Balaban J connectivity index is 0.000000310. The van der Waals surface area contributed by atoms with Crippen molar-refractivity contribution in [1.82, 2.24) is 31.5 Å². The number of carbonyl (C=O) groups is 4. The van der Waals surface area contributed by atoms with Crippen LogP contribution in [0.2, 0.25) is 0 Å². The van der Waals surface area contributed by atoms with Crippen molar-refractivity contribution < 1.29 is 37.8 Å². The predicted octanol–water partition coefficient (Wildman–Crippen LogP) is 5.00. The molecule has 2 atom stereocenters. The van der Waals surface area contributed by atoms with Crippen molar-refractivity contribution in [2.24, 2.45) is 11.8 Å². The highest BCUT2D eigenvalue weighted by atomic mass is 79.9. The maximum atomic E-state index is 12.5. The topological polar surface area (TPSA) is 169 Å². The molecule has 2 heterocycles. The molecule has 2 aromatic rings. The van der Waals surface area contributed by atoms with Gasteiger partial charge in [0, 0.05) is 64.0 Å². The average Bonchev–Trinajstić information content (AvgIpc) is 3.30. The molecule has 2 fully saturated rings. The van der Waals surface area contributed by atoms with Gasteiger partial charge in [0.15, 0.2) is 0 Å². The first-order valence-corrected chi connectivity index (χ1v) is 22.7. The number of nitrogens with one attached hydrogen (secondary N) is 5. The summed E-state index contributed by atoms with van der Waals surface area (Å²) >= 11 is 13.4. The molecule has 4 amide bonds. The van der Waals surface area contributed by atoms with Crippen molar-refractivity contribution in [2.45, 2.75) is 58.8 Å². The number of likely N-dealkylation sites (N-methyl/N-ethyl adjacent to an activating group) is 1. The summed E-state index contributed by atoms with van der Waals surface area (Å²) in [6.07, 6.45) is 2.33. The molecule has 0 aromatic heterocycles. The number of halogens is 4. The first-order valence-electron chi connectivity index (χ1n) is 19.5. The fourth-order valence-electron chi connectivity index (χ4n) is 5.95. The molecular weight excluding hydrogens is 1010 g/mol. The number of nitrogens with zero attached hydrogens (tertiary/aromatic N) is 1. The Morgan fingerprint density at radius 1 is 0.672 bits per heavy atom. The van der Waals surface area contributed by atoms with Gasteiger partial charge in [0.1, 0.15) is 0 Å². The summed E-state index contributed by atoms with van der Waals surface area (Å²) in [6, 6.07) is 10.6. The van der Waals surface area contributed by atoms with E-state index in [4.69, 9.17) is 18.6 Å². The normalized spacial score (nSPS) is 16.7. The molecule has 0 aliphatic carbocycles. The van der Waals surface area contributed by atoms with Gasteiger partial charge in [-0.25, -0.2) is 0 Å². The van der Waals surface area contributed by atoms with Crippen LogP contribution in [0.4, 0.5) is 0 Å². The molecule has 320 valence electrons. The molecule has 5 N–H and O–H groups in total. The summed E-state index contributed by atoms with van der Waals surface area (Å²) in [7, 11) is 1.02. The molecule has 2 aromatic carbocycles. The quantitative estimate of drug-likeness (QED) is 0.163. The molecule has 2 aliphatic rings. The summed E-state index contributed by atoms with van der Waals surface area (Å²) in [5.41, 5.74) is 0.919. The van der Waals surface area contributed by atoms with E-state index in [9.17, 15) is 19.2 Å². The Bertz CT molecular complexity index is 1610. The third kappa shape index (κ3) is 19.2.